The second-order valence-electron chi connectivity index (χ2n) is 4.23. The lowest BCUT2D eigenvalue weighted by molar-refractivity contribution is 0.471. The van der Waals surface area contributed by atoms with E-state index in [1.54, 1.807) is 0 Å². The Morgan fingerprint density at radius 1 is 1.33 bits per heavy atom. The highest BCUT2D eigenvalue weighted by molar-refractivity contribution is 4.80. The van der Waals surface area contributed by atoms with Crippen LogP contribution in [-0.2, 0) is 0 Å². The monoisotopic (exact) mass is 171 g/mol. The van der Waals surface area contributed by atoms with Gasteiger partial charge in [0.25, 0.3) is 0 Å². The molecule has 2 heteroatoms. The molecule has 3 N–H and O–H groups in total. The molecule has 0 rings (SSSR count). The topological polar surface area (TPSA) is 38.0 Å². The summed E-state index contributed by atoms with van der Waals surface area (Å²) < 4.78 is 0. The number of rotatable bonds is 6. The molecule has 0 heterocycles. The Balaban J connectivity index is 3.25. The van der Waals surface area contributed by atoms with Gasteiger partial charge in [-0.15, -0.1) is 0 Å². The number of nitrogens with two attached hydrogens (primary N) is 1. The lowest BCUT2D eigenvalue weighted by Crippen LogP contribution is -2.36. The third-order valence-electron chi connectivity index (χ3n) is 1.66. The summed E-state index contributed by atoms with van der Waals surface area (Å²) in [5.74, 6) is 2.11. The second kappa shape index (κ2) is 6.44. The van der Waals surface area contributed by atoms with Gasteiger partial charge in [0.05, 0.1) is 0 Å². The average molecular weight is 171 g/mol. The fraction of sp³-hybridized carbons (Fsp3) is 0.900. The van der Waals surface area contributed by atoms with E-state index in [0.29, 0.717) is 12.0 Å². The molecule has 73 valence electrons. The van der Waals surface area contributed by atoms with Gasteiger partial charge in [-0.3, -0.25) is 0 Å². The van der Waals surface area contributed by atoms with Crippen LogP contribution in [0.3, 0.4) is 0 Å². The van der Waals surface area contributed by atoms with Crippen LogP contribution < -0.4 is 11.1 Å². The van der Waals surface area contributed by atoms with Crippen molar-refractivity contribution in [2.24, 2.45) is 11.7 Å². The largest absolute Gasteiger partial charge is 0.327 e. The van der Waals surface area contributed by atoms with Crippen molar-refractivity contribution < 1.29 is 0 Å². The highest BCUT2D eigenvalue weighted by Crippen LogP contribution is 2.01. The van der Waals surface area contributed by atoms with Crippen LogP contribution in [0.25, 0.3) is 0 Å². The standard InChI is InChI=1S/C10H23N2/c1-8(2)5-10(11)7-12-6-9(3)4/h8,10,12H,5-7,11H2,1-4H3. The Labute approximate surface area is 76.9 Å². The zero-order valence-corrected chi connectivity index (χ0v) is 8.85. The van der Waals surface area contributed by atoms with E-state index < -0.39 is 0 Å². The molecule has 0 fully saturated rings. The summed E-state index contributed by atoms with van der Waals surface area (Å²) in [4.78, 5) is 0. The first kappa shape index (κ1) is 11.9. The molecule has 1 atom stereocenters. The summed E-state index contributed by atoms with van der Waals surface area (Å²) >= 11 is 0. The predicted molar refractivity (Wildman–Crippen MR) is 54.9 cm³/mol. The molecule has 0 saturated heterocycles. The van der Waals surface area contributed by atoms with Crippen LogP contribution >= 0.6 is 0 Å². The van der Waals surface area contributed by atoms with Crippen molar-refractivity contribution in [3.05, 3.63) is 5.92 Å². The smallest absolute Gasteiger partial charge is 0.0167 e. The normalized spacial score (nSPS) is 14.2. The lowest BCUT2D eigenvalue weighted by atomic mass is 10.0. The van der Waals surface area contributed by atoms with Crippen molar-refractivity contribution in [1.29, 1.82) is 0 Å². The van der Waals surface area contributed by atoms with E-state index in [0.717, 1.165) is 19.5 Å². The fourth-order valence-corrected chi connectivity index (χ4v) is 1.20. The Morgan fingerprint density at radius 3 is 2.33 bits per heavy atom. The molecule has 0 aromatic heterocycles. The number of hydrogen-bond donors (Lipinski definition) is 2. The number of hydrogen-bond acceptors (Lipinski definition) is 2. The minimum Gasteiger partial charge on any atom is -0.327 e. The Kier molecular flexibility index (Phi) is 6.39. The van der Waals surface area contributed by atoms with Crippen molar-refractivity contribution in [2.45, 2.75) is 40.2 Å². The molecule has 1 unspecified atom stereocenters. The zero-order chi connectivity index (χ0) is 9.56. The fourth-order valence-electron chi connectivity index (χ4n) is 1.20. The van der Waals surface area contributed by atoms with E-state index in [-0.39, 0.29) is 0 Å². The first-order valence-corrected chi connectivity index (χ1v) is 4.77. The van der Waals surface area contributed by atoms with Crippen LogP contribution in [-0.4, -0.2) is 19.1 Å². The van der Waals surface area contributed by atoms with Gasteiger partial charge in [0.1, 0.15) is 0 Å². The third-order valence-corrected chi connectivity index (χ3v) is 1.66. The van der Waals surface area contributed by atoms with Gasteiger partial charge in [-0.25, -0.2) is 0 Å². The molecule has 0 bridgehead atoms. The van der Waals surface area contributed by atoms with Crippen LogP contribution in [0, 0.1) is 11.8 Å². The van der Waals surface area contributed by atoms with Crippen LogP contribution in [0.15, 0.2) is 0 Å². The highest BCUT2D eigenvalue weighted by Gasteiger charge is 2.04. The Bertz CT molecular complexity index is 100. The van der Waals surface area contributed by atoms with E-state index in [4.69, 9.17) is 5.73 Å². The van der Waals surface area contributed by atoms with Crippen molar-refractivity contribution in [1.82, 2.24) is 5.32 Å². The molecule has 0 saturated carbocycles. The SMILES string of the molecule is C[C](C)CNCC(N)CC(C)C. The molecule has 2 nitrogen and oxygen atoms in total. The molecule has 0 amide bonds. The van der Waals surface area contributed by atoms with Crippen LogP contribution in [0.5, 0.6) is 0 Å². The van der Waals surface area contributed by atoms with E-state index in [1.807, 2.05) is 0 Å². The Morgan fingerprint density at radius 2 is 1.92 bits per heavy atom. The van der Waals surface area contributed by atoms with Gasteiger partial charge >= 0.3 is 0 Å². The maximum atomic E-state index is 5.89. The van der Waals surface area contributed by atoms with E-state index in [2.05, 4.69) is 33.0 Å². The summed E-state index contributed by atoms with van der Waals surface area (Å²) in [6, 6.07) is 0.310. The molecule has 1 radical (unpaired) electrons. The summed E-state index contributed by atoms with van der Waals surface area (Å²) in [7, 11) is 0. The molecule has 0 aliphatic rings. The molecular weight excluding hydrogens is 148 g/mol. The third kappa shape index (κ3) is 8.02. The first-order valence-electron chi connectivity index (χ1n) is 4.77. The van der Waals surface area contributed by atoms with Crippen LogP contribution in [0.1, 0.15) is 34.1 Å². The number of nitrogens with one attached hydrogen (secondary N) is 1. The van der Waals surface area contributed by atoms with Gasteiger partial charge in [-0.1, -0.05) is 27.7 Å². The van der Waals surface area contributed by atoms with E-state index in [9.17, 15) is 0 Å². The molecular formula is C10H23N2. The van der Waals surface area contributed by atoms with Gasteiger partial charge in [0.2, 0.25) is 0 Å². The summed E-state index contributed by atoms with van der Waals surface area (Å²) in [5, 5.41) is 3.33. The van der Waals surface area contributed by atoms with Crippen molar-refractivity contribution in [3.63, 3.8) is 0 Å². The van der Waals surface area contributed by atoms with Gasteiger partial charge in [-0.2, -0.15) is 0 Å². The maximum absolute atomic E-state index is 5.89. The molecule has 0 aromatic rings. The molecule has 0 aromatic carbocycles. The van der Waals surface area contributed by atoms with Gasteiger partial charge in [0.15, 0.2) is 0 Å². The van der Waals surface area contributed by atoms with Gasteiger partial charge < -0.3 is 11.1 Å². The molecule has 0 aliphatic heterocycles. The molecule has 0 spiro atoms. The highest BCUT2D eigenvalue weighted by atomic mass is 14.9. The average Bonchev–Trinajstić information content (AvgIpc) is 1.84. The summed E-state index contributed by atoms with van der Waals surface area (Å²) in [6.07, 6.45) is 1.11. The minimum atomic E-state index is 0.310. The quantitative estimate of drug-likeness (QED) is 0.636. The van der Waals surface area contributed by atoms with Crippen molar-refractivity contribution in [3.8, 4) is 0 Å². The van der Waals surface area contributed by atoms with Crippen LogP contribution in [0.2, 0.25) is 0 Å². The van der Waals surface area contributed by atoms with E-state index >= 15 is 0 Å². The second-order valence-corrected chi connectivity index (χ2v) is 4.23. The lowest BCUT2D eigenvalue weighted by Gasteiger charge is -2.15. The van der Waals surface area contributed by atoms with Gasteiger partial charge in [0, 0.05) is 19.1 Å². The first-order chi connectivity index (χ1) is 5.52. The van der Waals surface area contributed by atoms with Crippen LogP contribution in [0.4, 0.5) is 0 Å². The van der Waals surface area contributed by atoms with Gasteiger partial charge in [-0.05, 0) is 18.3 Å². The van der Waals surface area contributed by atoms with Crippen molar-refractivity contribution >= 4 is 0 Å². The summed E-state index contributed by atoms with van der Waals surface area (Å²) in [6.45, 7) is 10.6. The maximum Gasteiger partial charge on any atom is 0.0167 e. The molecule has 0 aliphatic carbocycles. The predicted octanol–water partition coefficient (Wildman–Crippen LogP) is 1.56. The van der Waals surface area contributed by atoms with E-state index in [1.165, 1.54) is 5.92 Å². The molecule has 12 heavy (non-hydrogen) atoms. The Hall–Kier alpha value is -0.0800. The zero-order valence-electron chi connectivity index (χ0n) is 8.85. The summed E-state index contributed by atoms with van der Waals surface area (Å²) in [5.41, 5.74) is 5.89. The minimum absolute atomic E-state index is 0.310. The van der Waals surface area contributed by atoms with Crippen molar-refractivity contribution in [2.75, 3.05) is 13.1 Å².